The molecule has 0 aliphatic carbocycles. The Labute approximate surface area is 178 Å². The summed E-state index contributed by atoms with van der Waals surface area (Å²) in [4.78, 5) is 19.3. The van der Waals surface area contributed by atoms with E-state index in [0.29, 0.717) is 16.9 Å². The topological polar surface area (TPSA) is 152 Å². The van der Waals surface area contributed by atoms with E-state index in [1.165, 1.54) is 38.6 Å². The third-order valence-corrected chi connectivity index (χ3v) is 4.83. The Balaban J connectivity index is 2.20. The van der Waals surface area contributed by atoms with Gasteiger partial charge in [0.05, 0.1) is 18.1 Å². The fourth-order valence-corrected chi connectivity index (χ4v) is 3.48. The number of aromatic nitrogens is 1. The van der Waals surface area contributed by atoms with Gasteiger partial charge < -0.3 is 19.3 Å². The number of nitrogens with zero attached hydrogens (tertiary/aromatic N) is 4. The average Bonchev–Trinajstić information content (AvgIpc) is 2.77. The summed E-state index contributed by atoms with van der Waals surface area (Å²) >= 11 is 0. The van der Waals surface area contributed by atoms with Crippen molar-refractivity contribution in [2.45, 2.75) is 17.7 Å². The van der Waals surface area contributed by atoms with Crippen LogP contribution in [0.2, 0.25) is 0 Å². The van der Waals surface area contributed by atoms with Crippen molar-refractivity contribution in [1.29, 1.82) is 5.26 Å². The number of nitriles is 1. The van der Waals surface area contributed by atoms with Crippen LogP contribution in [-0.4, -0.2) is 60.0 Å². The number of rotatable bonds is 7. The molecular weight excluding hydrogens is 406 g/mol. The minimum absolute atomic E-state index is 0.0294. The molecule has 0 spiro atoms. The molecule has 0 unspecified atom stereocenters. The van der Waals surface area contributed by atoms with Crippen molar-refractivity contribution < 1.29 is 24.2 Å². The zero-order valence-electron chi connectivity index (χ0n) is 16.9. The van der Waals surface area contributed by atoms with E-state index in [-0.39, 0.29) is 24.7 Å². The van der Waals surface area contributed by atoms with Crippen LogP contribution in [0.4, 0.5) is 5.69 Å². The molecule has 0 radical (unpaired) electrons. The SMILES string of the molecule is COCC1(COC)Oc2ccc([N+](=O)[O-])cc2[C@@H](N=C(NC#N)c2cccnc2)[C@@H]1O. The summed E-state index contributed by atoms with van der Waals surface area (Å²) in [6.07, 6.45) is 3.57. The number of aliphatic hydroxyl groups is 1. The molecule has 0 amide bonds. The molecule has 0 bridgehead atoms. The van der Waals surface area contributed by atoms with Gasteiger partial charge in [-0.05, 0) is 18.2 Å². The number of non-ortho nitro benzene ring substituents is 1. The van der Waals surface area contributed by atoms with Gasteiger partial charge in [-0.25, -0.2) is 0 Å². The highest BCUT2D eigenvalue weighted by atomic mass is 16.6. The Bertz CT molecular complexity index is 1000. The fraction of sp³-hybridized carbons (Fsp3) is 0.350. The smallest absolute Gasteiger partial charge is 0.270 e. The van der Waals surface area contributed by atoms with Gasteiger partial charge in [0, 0.05) is 49.9 Å². The molecule has 1 aliphatic heterocycles. The van der Waals surface area contributed by atoms with Gasteiger partial charge in [0.1, 0.15) is 23.7 Å². The van der Waals surface area contributed by atoms with E-state index >= 15 is 0 Å². The summed E-state index contributed by atoms with van der Waals surface area (Å²) in [6.45, 7) is -0.0588. The molecule has 2 heterocycles. The first-order chi connectivity index (χ1) is 15.0. The van der Waals surface area contributed by atoms with Gasteiger partial charge in [0.15, 0.2) is 11.8 Å². The lowest BCUT2D eigenvalue weighted by Gasteiger charge is -2.44. The number of hydrogen-bond acceptors (Lipinski definition) is 9. The molecule has 2 N–H and O–H groups in total. The Kier molecular flexibility index (Phi) is 6.76. The summed E-state index contributed by atoms with van der Waals surface area (Å²) in [5.41, 5.74) is -0.714. The predicted molar refractivity (Wildman–Crippen MR) is 108 cm³/mol. The van der Waals surface area contributed by atoms with Crippen molar-refractivity contribution in [3.05, 3.63) is 64.0 Å². The van der Waals surface area contributed by atoms with Crippen LogP contribution in [0.15, 0.2) is 47.7 Å². The highest BCUT2D eigenvalue weighted by Crippen LogP contribution is 2.44. The Morgan fingerprint density at radius 1 is 1.42 bits per heavy atom. The number of methoxy groups -OCH3 is 2. The maximum Gasteiger partial charge on any atom is 0.270 e. The number of nitrogens with one attached hydrogen (secondary N) is 1. The van der Waals surface area contributed by atoms with Gasteiger partial charge in [-0.15, -0.1) is 0 Å². The van der Waals surface area contributed by atoms with Crippen molar-refractivity contribution in [2.75, 3.05) is 27.4 Å². The summed E-state index contributed by atoms with van der Waals surface area (Å²) in [5, 5.41) is 34.3. The normalized spacial score (nSPS) is 19.6. The third-order valence-electron chi connectivity index (χ3n) is 4.83. The standard InChI is InChI=1S/C20H21N5O6/c1-29-10-20(11-30-2)18(26)17(15-8-14(25(27)28)5-6-16(15)31-20)24-19(23-12-21)13-4-3-7-22-9-13/h3-9,17-18,26H,10-11H2,1-2H3,(H,23,24)/t17-,18+/m1/s1. The molecule has 0 saturated carbocycles. The largest absolute Gasteiger partial charge is 0.479 e. The predicted octanol–water partition coefficient (Wildman–Crippen LogP) is 1.33. The number of nitro groups is 1. The summed E-state index contributed by atoms with van der Waals surface area (Å²) in [5.74, 6) is 0.434. The Morgan fingerprint density at radius 3 is 2.74 bits per heavy atom. The maximum absolute atomic E-state index is 11.3. The molecule has 2 atom stereocenters. The van der Waals surface area contributed by atoms with E-state index in [4.69, 9.17) is 14.2 Å². The van der Waals surface area contributed by atoms with Crippen LogP contribution in [0.3, 0.4) is 0 Å². The third kappa shape index (κ3) is 4.46. The zero-order valence-corrected chi connectivity index (χ0v) is 16.9. The van der Waals surface area contributed by atoms with Crippen molar-refractivity contribution >= 4 is 11.5 Å². The van der Waals surface area contributed by atoms with Gasteiger partial charge in [-0.2, -0.15) is 5.26 Å². The number of benzene rings is 1. The molecule has 31 heavy (non-hydrogen) atoms. The second-order valence-electron chi connectivity index (χ2n) is 6.86. The highest BCUT2D eigenvalue weighted by Gasteiger charge is 2.50. The number of hydrogen-bond donors (Lipinski definition) is 2. The van der Waals surface area contributed by atoms with E-state index in [1.54, 1.807) is 18.3 Å². The lowest BCUT2D eigenvalue weighted by molar-refractivity contribution is -0.385. The second kappa shape index (κ2) is 9.48. The lowest BCUT2D eigenvalue weighted by Crippen LogP contribution is -2.59. The van der Waals surface area contributed by atoms with Gasteiger partial charge in [-0.3, -0.25) is 25.4 Å². The van der Waals surface area contributed by atoms with Crippen LogP contribution in [0, 0.1) is 21.6 Å². The Morgan fingerprint density at radius 2 is 2.16 bits per heavy atom. The quantitative estimate of drug-likeness (QED) is 0.166. The molecule has 11 heteroatoms. The first kappa shape index (κ1) is 22.1. The van der Waals surface area contributed by atoms with Gasteiger partial charge in [0.25, 0.3) is 5.69 Å². The van der Waals surface area contributed by atoms with E-state index < -0.39 is 22.7 Å². The van der Waals surface area contributed by atoms with Crippen molar-refractivity contribution in [3.63, 3.8) is 0 Å². The van der Waals surface area contributed by atoms with E-state index in [1.807, 2.05) is 6.19 Å². The number of aliphatic hydroxyl groups excluding tert-OH is 1. The van der Waals surface area contributed by atoms with Crippen LogP contribution in [-0.2, 0) is 9.47 Å². The molecular formula is C20H21N5O6. The lowest BCUT2D eigenvalue weighted by atomic mass is 9.84. The van der Waals surface area contributed by atoms with Crippen LogP contribution in [0.1, 0.15) is 17.2 Å². The summed E-state index contributed by atoms with van der Waals surface area (Å²) in [7, 11) is 2.91. The van der Waals surface area contributed by atoms with Crippen LogP contribution in [0.5, 0.6) is 5.75 Å². The molecule has 1 aromatic heterocycles. The van der Waals surface area contributed by atoms with Crippen molar-refractivity contribution in [3.8, 4) is 11.9 Å². The number of nitro benzene ring substituents is 1. The molecule has 0 fully saturated rings. The van der Waals surface area contributed by atoms with E-state index in [9.17, 15) is 20.5 Å². The van der Waals surface area contributed by atoms with E-state index in [0.717, 1.165) is 0 Å². The molecule has 11 nitrogen and oxygen atoms in total. The highest BCUT2D eigenvalue weighted by molar-refractivity contribution is 5.99. The fourth-order valence-electron chi connectivity index (χ4n) is 3.48. The molecule has 1 aromatic carbocycles. The summed E-state index contributed by atoms with van der Waals surface area (Å²) < 4.78 is 16.6. The second-order valence-corrected chi connectivity index (χ2v) is 6.86. The monoisotopic (exact) mass is 427 g/mol. The summed E-state index contributed by atoms with van der Waals surface area (Å²) in [6, 6.07) is 6.38. The molecule has 2 aromatic rings. The number of pyridine rings is 1. The maximum atomic E-state index is 11.3. The van der Waals surface area contributed by atoms with Crippen LogP contribution in [0.25, 0.3) is 0 Å². The average molecular weight is 427 g/mol. The van der Waals surface area contributed by atoms with Crippen LogP contribution >= 0.6 is 0 Å². The van der Waals surface area contributed by atoms with Crippen molar-refractivity contribution in [2.24, 2.45) is 4.99 Å². The zero-order chi connectivity index (χ0) is 22.4. The molecule has 0 saturated heterocycles. The van der Waals surface area contributed by atoms with Gasteiger partial charge >= 0.3 is 0 Å². The molecule has 1 aliphatic rings. The molecule has 162 valence electrons. The number of amidine groups is 1. The minimum Gasteiger partial charge on any atom is -0.479 e. The number of ether oxygens (including phenoxy) is 3. The molecule has 3 rings (SSSR count). The van der Waals surface area contributed by atoms with Gasteiger partial charge in [0.2, 0.25) is 0 Å². The number of fused-ring (bicyclic) bond motifs is 1. The van der Waals surface area contributed by atoms with Crippen molar-refractivity contribution in [1.82, 2.24) is 10.3 Å². The number of aliphatic imine (C=N–C) groups is 1. The minimum atomic E-state index is -1.33. The van der Waals surface area contributed by atoms with E-state index in [2.05, 4.69) is 15.3 Å². The first-order valence-electron chi connectivity index (χ1n) is 9.22. The van der Waals surface area contributed by atoms with Gasteiger partial charge in [-0.1, -0.05) is 0 Å². The first-order valence-corrected chi connectivity index (χ1v) is 9.22. The Hall–Kier alpha value is -3.59. The van der Waals surface area contributed by atoms with Crippen LogP contribution < -0.4 is 10.1 Å².